The van der Waals surface area contributed by atoms with E-state index in [9.17, 15) is 9.59 Å². The lowest BCUT2D eigenvalue weighted by atomic mass is 10.1. The summed E-state index contributed by atoms with van der Waals surface area (Å²) in [4.78, 5) is 25.4. The third kappa shape index (κ3) is 6.64. The molecule has 1 aromatic rings. The quantitative estimate of drug-likeness (QED) is 0.782. The van der Waals surface area contributed by atoms with E-state index in [4.69, 9.17) is 5.73 Å². The first-order chi connectivity index (χ1) is 9.26. The molecule has 0 bridgehead atoms. The van der Waals surface area contributed by atoms with Crippen LogP contribution in [0, 0.1) is 0 Å². The number of rotatable bonds is 6. The highest BCUT2D eigenvalue weighted by Gasteiger charge is 2.23. The SMILES string of the molecule is CC(C(=O)N(C)CC(=O)NC(C)(C)CN)n1cccn1.Cl.Cl. The molecule has 7 nitrogen and oxygen atoms in total. The number of nitrogens with one attached hydrogen (secondary N) is 1. The zero-order valence-corrected chi connectivity index (χ0v) is 14.9. The number of hydrogen-bond acceptors (Lipinski definition) is 4. The molecule has 1 rings (SSSR count). The van der Waals surface area contributed by atoms with Crippen molar-refractivity contribution in [2.45, 2.75) is 32.4 Å². The lowest BCUT2D eigenvalue weighted by Crippen LogP contribution is -2.52. The molecule has 22 heavy (non-hydrogen) atoms. The van der Waals surface area contributed by atoms with Crippen LogP contribution in [0.1, 0.15) is 26.8 Å². The first-order valence-electron chi connectivity index (χ1n) is 6.52. The van der Waals surface area contributed by atoms with Gasteiger partial charge in [-0.05, 0) is 26.8 Å². The van der Waals surface area contributed by atoms with Crippen molar-refractivity contribution in [1.82, 2.24) is 20.0 Å². The van der Waals surface area contributed by atoms with E-state index in [1.807, 2.05) is 13.8 Å². The van der Waals surface area contributed by atoms with Crippen molar-refractivity contribution in [3.63, 3.8) is 0 Å². The average Bonchev–Trinajstić information content (AvgIpc) is 2.89. The second-order valence-corrected chi connectivity index (χ2v) is 5.49. The Morgan fingerprint density at radius 1 is 1.41 bits per heavy atom. The van der Waals surface area contributed by atoms with Crippen LogP contribution in [-0.4, -0.2) is 52.2 Å². The molecule has 0 saturated carbocycles. The van der Waals surface area contributed by atoms with Gasteiger partial charge in [0.2, 0.25) is 11.8 Å². The summed E-state index contributed by atoms with van der Waals surface area (Å²) >= 11 is 0. The number of likely N-dealkylation sites (N-methyl/N-ethyl adjacent to an activating group) is 1. The minimum absolute atomic E-state index is 0. The van der Waals surface area contributed by atoms with E-state index in [0.29, 0.717) is 6.54 Å². The number of nitrogens with two attached hydrogens (primary N) is 1. The van der Waals surface area contributed by atoms with Gasteiger partial charge in [0.15, 0.2) is 0 Å². The van der Waals surface area contributed by atoms with Crippen LogP contribution in [0.5, 0.6) is 0 Å². The molecular weight excluding hydrogens is 329 g/mol. The Morgan fingerprint density at radius 2 is 2.00 bits per heavy atom. The van der Waals surface area contributed by atoms with Crippen LogP contribution in [0.2, 0.25) is 0 Å². The zero-order valence-electron chi connectivity index (χ0n) is 13.3. The number of amides is 2. The fourth-order valence-electron chi connectivity index (χ4n) is 1.70. The smallest absolute Gasteiger partial charge is 0.247 e. The van der Waals surface area contributed by atoms with Gasteiger partial charge in [-0.2, -0.15) is 5.10 Å². The number of carbonyl (C=O) groups excluding carboxylic acids is 2. The number of carbonyl (C=O) groups is 2. The van der Waals surface area contributed by atoms with Crippen molar-refractivity contribution in [1.29, 1.82) is 0 Å². The number of hydrogen-bond donors (Lipinski definition) is 2. The molecule has 1 unspecified atom stereocenters. The van der Waals surface area contributed by atoms with Crippen LogP contribution >= 0.6 is 24.8 Å². The molecule has 1 atom stereocenters. The van der Waals surface area contributed by atoms with E-state index in [2.05, 4.69) is 10.4 Å². The molecule has 0 fully saturated rings. The normalized spacial score (nSPS) is 11.7. The predicted molar refractivity (Wildman–Crippen MR) is 90.3 cm³/mol. The summed E-state index contributed by atoms with van der Waals surface area (Å²) in [7, 11) is 1.59. The van der Waals surface area contributed by atoms with Crippen LogP contribution in [0.15, 0.2) is 18.5 Å². The molecule has 0 aliphatic rings. The number of nitrogens with zero attached hydrogens (tertiary/aromatic N) is 3. The van der Waals surface area contributed by atoms with Gasteiger partial charge in [-0.15, -0.1) is 24.8 Å². The van der Waals surface area contributed by atoms with Crippen molar-refractivity contribution in [3.05, 3.63) is 18.5 Å². The molecule has 1 aromatic heterocycles. The monoisotopic (exact) mass is 353 g/mol. The van der Waals surface area contributed by atoms with Crippen molar-refractivity contribution in [3.8, 4) is 0 Å². The van der Waals surface area contributed by atoms with Crippen molar-refractivity contribution >= 4 is 36.6 Å². The van der Waals surface area contributed by atoms with E-state index < -0.39 is 11.6 Å². The molecule has 0 aliphatic heterocycles. The van der Waals surface area contributed by atoms with Gasteiger partial charge in [-0.3, -0.25) is 14.3 Å². The predicted octanol–water partition coefficient (Wildman–Crippen LogP) is 0.600. The van der Waals surface area contributed by atoms with Gasteiger partial charge in [0, 0.05) is 31.5 Å². The highest BCUT2D eigenvalue weighted by Crippen LogP contribution is 2.07. The van der Waals surface area contributed by atoms with E-state index in [-0.39, 0.29) is 43.2 Å². The molecule has 0 aliphatic carbocycles. The minimum atomic E-state index is -0.478. The fourth-order valence-corrected chi connectivity index (χ4v) is 1.70. The summed E-state index contributed by atoms with van der Waals surface area (Å²) in [5.74, 6) is -0.404. The Labute approximate surface area is 143 Å². The van der Waals surface area contributed by atoms with Crippen molar-refractivity contribution in [2.75, 3.05) is 20.1 Å². The zero-order chi connectivity index (χ0) is 15.3. The Balaban J connectivity index is 0. The highest BCUT2D eigenvalue weighted by atomic mass is 35.5. The first-order valence-corrected chi connectivity index (χ1v) is 6.52. The number of halogens is 2. The molecule has 3 N–H and O–H groups in total. The Bertz CT molecular complexity index is 465. The third-order valence-electron chi connectivity index (χ3n) is 3.02. The maximum absolute atomic E-state index is 12.2. The van der Waals surface area contributed by atoms with Gasteiger partial charge in [-0.25, -0.2) is 0 Å². The first kappa shape index (κ1) is 23.0. The van der Waals surface area contributed by atoms with Gasteiger partial charge in [-0.1, -0.05) is 0 Å². The second-order valence-electron chi connectivity index (χ2n) is 5.49. The molecule has 9 heteroatoms. The van der Waals surface area contributed by atoms with E-state index >= 15 is 0 Å². The van der Waals surface area contributed by atoms with Crippen molar-refractivity contribution in [2.24, 2.45) is 5.73 Å². The Morgan fingerprint density at radius 3 is 2.45 bits per heavy atom. The minimum Gasteiger partial charge on any atom is -0.348 e. The van der Waals surface area contributed by atoms with Crippen LogP contribution in [-0.2, 0) is 9.59 Å². The van der Waals surface area contributed by atoms with Gasteiger partial charge < -0.3 is 16.0 Å². The van der Waals surface area contributed by atoms with Crippen LogP contribution < -0.4 is 11.1 Å². The van der Waals surface area contributed by atoms with E-state index in [0.717, 1.165) is 0 Å². The van der Waals surface area contributed by atoms with E-state index in [1.165, 1.54) is 4.90 Å². The Kier molecular flexibility index (Phi) is 10.1. The summed E-state index contributed by atoms with van der Waals surface area (Å²) in [6.45, 7) is 5.74. The maximum atomic E-state index is 12.2. The Hall–Kier alpha value is -1.31. The molecule has 1 heterocycles. The van der Waals surface area contributed by atoms with Gasteiger partial charge >= 0.3 is 0 Å². The van der Waals surface area contributed by atoms with Crippen LogP contribution in [0.4, 0.5) is 0 Å². The van der Waals surface area contributed by atoms with Crippen LogP contribution in [0.25, 0.3) is 0 Å². The lowest BCUT2D eigenvalue weighted by Gasteiger charge is -2.27. The molecular formula is C13H25Cl2N5O2. The summed E-state index contributed by atoms with van der Waals surface area (Å²) in [6.07, 6.45) is 3.33. The summed E-state index contributed by atoms with van der Waals surface area (Å²) in [5, 5.41) is 6.81. The maximum Gasteiger partial charge on any atom is 0.247 e. The third-order valence-corrected chi connectivity index (χ3v) is 3.02. The molecule has 0 radical (unpaired) electrons. The summed E-state index contributed by atoms with van der Waals surface area (Å²) < 4.78 is 1.56. The van der Waals surface area contributed by atoms with Gasteiger partial charge in [0.05, 0.1) is 6.54 Å². The summed E-state index contributed by atoms with van der Waals surface area (Å²) in [6, 6.07) is 1.31. The van der Waals surface area contributed by atoms with Crippen molar-refractivity contribution < 1.29 is 9.59 Å². The summed E-state index contributed by atoms with van der Waals surface area (Å²) in [5.41, 5.74) is 5.07. The molecule has 128 valence electrons. The molecule has 0 saturated heterocycles. The second kappa shape index (κ2) is 9.66. The standard InChI is InChI=1S/C13H23N5O2.2ClH/c1-10(18-7-5-6-15-18)12(20)17(4)8-11(19)16-13(2,3)9-14;;/h5-7,10H,8-9,14H2,1-4H3,(H,16,19);2*1H. The molecule has 0 spiro atoms. The highest BCUT2D eigenvalue weighted by molar-refractivity contribution is 5.86. The van der Waals surface area contributed by atoms with E-state index in [1.54, 1.807) is 37.1 Å². The lowest BCUT2D eigenvalue weighted by molar-refractivity contribution is -0.137. The number of aromatic nitrogens is 2. The molecule has 0 aromatic carbocycles. The van der Waals surface area contributed by atoms with Gasteiger partial charge in [0.25, 0.3) is 0 Å². The average molecular weight is 354 g/mol. The van der Waals surface area contributed by atoms with Crippen LogP contribution in [0.3, 0.4) is 0 Å². The fraction of sp³-hybridized carbons (Fsp3) is 0.615. The van der Waals surface area contributed by atoms with Gasteiger partial charge in [0.1, 0.15) is 6.04 Å². The molecule has 2 amide bonds. The topological polar surface area (TPSA) is 93.3 Å². The largest absolute Gasteiger partial charge is 0.348 e.